The number of fused-ring (bicyclic) bond motifs is 1. The number of carbonyl (C=O) groups excluding carboxylic acids is 2. The molecule has 0 fully saturated rings. The highest BCUT2D eigenvalue weighted by Crippen LogP contribution is 2.32. The Labute approximate surface area is 110 Å². The SMILES string of the molecule is CC1c2ccsc2CCN1C(=O)CNC(=O)CN. The fourth-order valence-electron chi connectivity index (χ4n) is 2.20. The Bertz CT molecular complexity index is 458. The average Bonchev–Trinajstić information content (AvgIpc) is 2.85. The first-order valence-electron chi connectivity index (χ1n) is 5.96. The molecule has 1 atom stereocenters. The van der Waals surface area contributed by atoms with Gasteiger partial charge in [0.2, 0.25) is 11.8 Å². The highest BCUT2D eigenvalue weighted by Gasteiger charge is 2.28. The minimum absolute atomic E-state index is 0.0276. The van der Waals surface area contributed by atoms with Gasteiger partial charge in [-0.3, -0.25) is 9.59 Å². The topological polar surface area (TPSA) is 75.4 Å². The standard InChI is InChI=1S/C12H17N3O2S/c1-8-9-3-5-18-10(9)2-4-15(8)12(17)7-14-11(16)6-13/h3,5,8H,2,4,6-7,13H2,1H3,(H,14,16). The maximum Gasteiger partial charge on any atom is 0.242 e. The molecule has 6 heteroatoms. The quantitative estimate of drug-likeness (QED) is 0.825. The van der Waals surface area contributed by atoms with Crippen LogP contribution in [0.3, 0.4) is 0 Å². The summed E-state index contributed by atoms with van der Waals surface area (Å²) < 4.78 is 0. The Kier molecular flexibility index (Phi) is 3.98. The number of thiophene rings is 1. The molecule has 0 radical (unpaired) electrons. The smallest absolute Gasteiger partial charge is 0.242 e. The summed E-state index contributed by atoms with van der Waals surface area (Å²) in [5.74, 6) is -0.356. The van der Waals surface area contributed by atoms with Crippen LogP contribution in [0.25, 0.3) is 0 Å². The number of amides is 2. The molecule has 0 saturated carbocycles. The summed E-state index contributed by atoms with van der Waals surface area (Å²) in [5, 5.41) is 4.58. The molecule has 98 valence electrons. The molecule has 0 saturated heterocycles. The van der Waals surface area contributed by atoms with Gasteiger partial charge in [-0.05, 0) is 30.4 Å². The van der Waals surface area contributed by atoms with Gasteiger partial charge in [-0.25, -0.2) is 0 Å². The van der Waals surface area contributed by atoms with Crippen LogP contribution in [-0.4, -0.2) is 36.3 Å². The molecule has 2 amide bonds. The van der Waals surface area contributed by atoms with E-state index in [4.69, 9.17) is 5.73 Å². The van der Waals surface area contributed by atoms with Crippen LogP contribution < -0.4 is 11.1 Å². The van der Waals surface area contributed by atoms with Gasteiger partial charge >= 0.3 is 0 Å². The van der Waals surface area contributed by atoms with Crippen molar-refractivity contribution >= 4 is 23.2 Å². The third-order valence-electron chi connectivity index (χ3n) is 3.22. The van der Waals surface area contributed by atoms with Gasteiger partial charge in [-0.1, -0.05) is 0 Å². The van der Waals surface area contributed by atoms with Gasteiger partial charge in [-0.2, -0.15) is 0 Å². The lowest BCUT2D eigenvalue weighted by Crippen LogP contribution is -2.45. The minimum Gasteiger partial charge on any atom is -0.346 e. The highest BCUT2D eigenvalue weighted by molar-refractivity contribution is 7.10. The number of nitrogens with two attached hydrogens (primary N) is 1. The van der Waals surface area contributed by atoms with Crippen molar-refractivity contribution in [1.29, 1.82) is 0 Å². The van der Waals surface area contributed by atoms with Crippen LogP contribution in [0.2, 0.25) is 0 Å². The number of hydrogen-bond acceptors (Lipinski definition) is 4. The molecule has 0 aromatic carbocycles. The van der Waals surface area contributed by atoms with Gasteiger partial charge in [-0.15, -0.1) is 11.3 Å². The van der Waals surface area contributed by atoms with E-state index in [0.717, 1.165) is 6.42 Å². The molecule has 2 rings (SSSR count). The second-order valence-corrected chi connectivity index (χ2v) is 5.29. The van der Waals surface area contributed by atoms with Crippen LogP contribution in [0.15, 0.2) is 11.4 Å². The number of hydrogen-bond donors (Lipinski definition) is 2. The van der Waals surface area contributed by atoms with Crippen LogP contribution in [0, 0.1) is 0 Å². The maximum atomic E-state index is 12.0. The molecule has 1 aromatic heterocycles. The van der Waals surface area contributed by atoms with E-state index < -0.39 is 0 Å². The van der Waals surface area contributed by atoms with Crippen LogP contribution in [0.4, 0.5) is 0 Å². The molecule has 3 N–H and O–H groups in total. The predicted octanol–water partition coefficient (Wildman–Crippen LogP) is 0.269. The van der Waals surface area contributed by atoms with E-state index in [1.807, 2.05) is 11.8 Å². The van der Waals surface area contributed by atoms with Crippen molar-refractivity contribution in [1.82, 2.24) is 10.2 Å². The summed E-state index contributed by atoms with van der Waals surface area (Å²) in [6, 6.07) is 2.16. The number of rotatable bonds is 3. The second-order valence-electron chi connectivity index (χ2n) is 4.29. The maximum absolute atomic E-state index is 12.0. The predicted molar refractivity (Wildman–Crippen MR) is 70.2 cm³/mol. The number of carbonyl (C=O) groups is 2. The average molecular weight is 267 g/mol. The van der Waals surface area contributed by atoms with E-state index in [2.05, 4.69) is 16.8 Å². The van der Waals surface area contributed by atoms with Gasteiger partial charge in [0.1, 0.15) is 0 Å². The Morgan fingerprint density at radius 2 is 2.39 bits per heavy atom. The molecule has 0 bridgehead atoms. The molecule has 0 spiro atoms. The summed E-state index contributed by atoms with van der Waals surface area (Å²) in [6.45, 7) is 2.68. The van der Waals surface area contributed by atoms with E-state index in [1.54, 1.807) is 11.3 Å². The van der Waals surface area contributed by atoms with Gasteiger partial charge in [0.05, 0.1) is 19.1 Å². The first-order valence-corrected chi connectivity index (χ1v) is 6.84. The lowest BCUT2D eigenvalue weighted by molar-refractivity contribution is -0.134. The van der Waals surface area contributed by atoms with Crippen LogP contribution in [0.1, 0.15) is 23.4 Å². The first kappa shape index (κ1) is 13.0. The van der Waals surface area contributed by atoms with Crippen molar-refractivity contribution in [2.24, 2.45) is 5.73 Å². The van der Waals surface area contributed by atoms with E-state index in [9.17, 15) is 9.59 Å². The van der Waals surface area contributed by atoms with Crippen molar-refractivity contribution in [3.05, 3.63) is 21.9 Å². The van der Waals surface area contributed by atoms with Crippen molar-refractivity contribution in [2.75, 3.05) is 19.6 Å². The van der Waals surface area contributed by atoms with Crippen molar-refractivity contribution in [2.45, 2.75) is 19.4 Å². The van der Waals surface area contributed by atoms with Crippen LogP contribution in [-0.2, 0) is 16.0 Å². The van der Waals surface area contributed by atoms with Gasteiger partial charge < -0.3 is 16.0 Å². The summed E-state index contributed by atoms with van der Waals surface area (Å²) in [4.78, 5) is 26.2. The minimum atomic E-state index is -0.302. The van der Waals surface area contributed by atoms with Crippen LogP contribution >= 0.6 is 11.3 Å². The molecule has 18 heavy (non-hydrogen) atoms. The molecule has 1 aliphatic heterocycles. The molecule has 1 aliphatic rings. The highest BCUT2D eigenvalue weighted by atomic mass is 32.1. The van der Waals surface area contributed by atoms with E-state index in [-0.39, 0.29) is 30.9 Å². The Morgan fingerprint density at radius 1 is 1.61 bits per heavy atom. The summed E-state index contributed by atoms with van der Waals surface area (Å²) in [5.41, 5.74) is 6.40. The third kappa shape index (κ3) is 2.54. The van der Waals surface area contributed by atoms with Crippen molar-refractivity contribution in [3.8, 4) is 0 Å². The third-order valence-corrected chi connectivity index (χ3v) is 4.22. The lowest BCUT2D eigenvalue weighted by atomic mass is 10.0. The fraction of sp³-hybridized carbons (Fsp3) is 0.500. The largest absolute Gasteiger partial charge is 0.346 e. The second kappa shape index (κ2) is 5.49. The van der Waals surface area contributed by atoms with Gasteiger partial charge in [0.25, 0.3) is 0 Å². The first-order chi connectivity index (χ1) is 8.63. The molecule has 5 nitrogen and oxygen atoms in total. The van der Waals surface area contributed by atoms with E-state index in [1.165, 1.54) is 10.4 Å². The van der Waals surface area contributed by atoms with Crippen molar-refractivity contribution < 1.29 is 9.59 Å². The molecular formula is C12H17N3O2S. The van der Waals surface area contributed by atoms with Gasteiger partial charge in [0, 0.05) is 11.4 Å². The molecule has 1 aromatic rings. The Balaban J connectivity index is 1.98. The molecular weight excluding hydrogens is 250 g/mol. The molecule has 2 heterocycles. The normalized spacial score (nSPS) is 18.3. The van der Waals surface area contributed by atoms with Gasteiger partial charge in [0.15, 0.2) is 0 Å². The zero-order valence-electron chi connectivity index (χ0n) is 10.3. The monoisotopic (exact) mass is 267 g/mol. The molecule has 0 aliphatic carbocycles. The Hall–Kier alpha value is -1.40. The van der Waals surface area contributed by atoms with Crippen molar-refractivity contribution in [3.63, 3.8) is 0 Å². The zero-order chi connectivity index (χ0) is 13.1. The summed E-state index contributed by atoms with van der Waals surface area (Å²) in [6.07, 6.45) is 0.897. The van der Waals surface area contributed by atoms with E-state index in [0.29, 0.717) is 6.54 Å². The number of nitrogens with one attached hydrogen (secondary N) is 1. The molecule has 1 unspecified atom stereocenters. The zero-order valence-corrected chi connectivity index (χ0v) is 11.1. The summed E-state index contributed by atoms with van der Waals surface area (Å²) >= 11 is 1.74. The number of nitrogens with zero attached hydrogens (tertiary/aromatic N) is 1. The van der Waals surface area contributed by atoms with E-state index >= 15 is 0 Å². The van der Waals surface area contributed by atoms with Crippen LogP contribution in [0.5, 0.6) is 0 Å². The summed E-state index contributed by atoms with van der Waals surface area (Å²) in [7, 11) is 0. The Morgan fingerprint density at radius 3 is 3.11 bits per heavy atom. The lowest BCUT2D eigenvalue weighted by Gasteiger charge is -2.33. The fourth-order valence-corrected chi connectivity index (χ4v) is 3.16.